The molecule has 0 aromatic heterocycles. The fraction of sp³-hybridized carbons (Fsp3) is 0.827. The molecule has 0 fully saturated rings. The van der Waals surface area contributed by atoms with Crippen LogP contribution in [0.3, 0.4) is 0 Å². The fourth-order valence-electron chi connectivity index (χ4n) is 7.49. The summed E-state index contributed by atoms with van der Waals surface area (Å²) in [5.74, 6) is -0.602. The van der Waals surface area contributed by atoms with E-state index in [1.54, 1.807) is 0 Å². The van der Waals surface area contributed by atoms with Crippen LogP contribution in [0.1, 0.15) is 245 Å². The third-order valence-corrected chi connectivity index (χ3v) is 11.5. The Kier molecular flexibility index (Phi) is 45.0. The molecule has 5 N–H and O–H groups in total. The van der Waals surface area contributed by atoms with Gasteiger partial charge in [0.2, 0.25) is 5.91 Å². The molecule has 0 spiro atoms. The zero-order valence-electron chi connectivity index (χ0n) is 38.3. The van der Waals surface area contributed by atoms with Crippen LogP contribution in [0.4, 0.5) is 0 Å². The molecule has 58 heavy (non-hydrogen) atoms. The monoisotopic (exact) mass is 816 g/mol. The summed E-state index contributed by atoms with van der Waals surface area (Å²) in [4.78, 5) is 12.5. The molecule has 0 bridgehead atoms. The van der Waals surface area contributed by atoms with Crippen molar-refractivity contribution in [2.75, 3.05) is 6.61 Å². The van der Waals surface area contributed by atoms with E-state index < -0.39 is 36.9 Å². The van der Waals surface area contributed by atoms with Gasteiger partial charge in [0.1, 0.15) is 12.2 Å². The average molecular weight is 816 g/mol. The van der Waals surface area contributed by atoms with Crippen molar-refractivity contribution in [1.82, 2.24) is 5.32 Å². The molecule has 0 radical (unpaired) electrons. The number of rotatable bonds is 45. The molecule has 0 saturated heterocycles. The van der Waals surface area contributed by atoms with Crippen molar-refractivity contribution in [3.8, 4) is 0 Å². The number of unbranched alkanes of at least 4 members (excludes halogenated alkanes) is 28. The number of carbonyl (C=O) groups excluding carboxylic acids is 1. The molecular weight excluding hydrogens is 719 g/mol. The van der Waals surface area contributed by atoms with Crippen LogP contribution in [0.25, 0.3) is 0 Å². The minimum atomic E-state index is -1.30. The van der Waals surface area contributed by atoms with Gasteiger partial charge in [0.25, 0.3) is 0 Å². The molecule has 0 saturated carbocycles. The van der Waals surface area contributed by atoms with E-state index in [1.807, 2.05) is 0 Å². The smallest absolute Gasteiger partial charge is 0.249 e. The van der Waals surface area contributed by atoms with Gasteiger partial charge >= 0.3 is 0 Å². The first-order valence-corrected chi connectivity index (χ1v) is 25.0. The Morgan fingerprint density at radius 1 is 0.414 bits per heavy atom. The van der Waals surface area contributed by atoms with Gasteiger partial charge in [-0.25, -0.2) is 0 Å². The molecular formula is C52H97NO5. The standard InChI is InChI=1S/C52H97NO5/c1-3-5-7-9-11-13-15-17-19-21-23-24-25-26-27-28-30-32-34-36-38-40-42-44-46-50(56)52(58)53-48(47-54)51(57)49(55)45-43-41-39-37-35-33-31-29-22-20-18-16-14-12-10-8-6-4-2/h16,18,26-27,29,31,37,39,48-51,54-57H,3-15,17,19-25,28,30,32-36,38,40-47H2,1-2H3,(H,53,58)/b18-16+,27-26-,31-29+,39-37+. The van der Waals surface area contributed by atoms with Gasteiger partial charge in [-0.3, -0.25) is 4.79 Å². The van der Waals surface area contributed by atoms with Crippen molar-refractivity contribution in [3.05, 3.63) is 48.6 Å². The number of hydrogen-bond donors (Lipinski definition) is 5. The summed E-state index contributed by atoms with van der Waals surface area (Å²) in [6, 6.07) is -1.01. The first-order valence-electron chi connectivity index (χ1n) is 25.0. The van der Waals surface area contributed by atoms with E-state index in [0.717, 1.165) is 51.4 Å². The molecule has 0 heterocycles. The van der Waals surface area contributed by atoms with Crippen LogP contribution in [0.5, 0.6) is 0 Å². The minimum Gasteiger partial charge on any atom is -0.394 e. The molecule has 4 unspecified atom stereocenters. The minimum absolute atomic E-state index is 0.354. The molecule has 0 aliphatic carbocycles. The average Bonchev–Trinajstić information content (AvgIpc) is 3.23. The second-order valence-corrected chi connectivity index (χ2v) is 17.1. The Morgan fingerprint density at radius 3 is 1.09 bits per heavy atom. The van der Waals surface area contributed by atoms with Gasteiger partial charge in [-0.2, -0.15) is 0 Å². The van der Waals surface area contributed by atoms with Crippen LogP contribution < -0.4 is 5.32 Å². The maximum Gasteiger partial charge on any atom is 0.249 e. The van der Waals surface area contributed by atoms with Gasteiger partial charge in [0, 0.05) is 0 Å². The molecule has 1 amide bonds. The lowest BCUT2D eigenvalue weighted by atomic mass is 10.00. The second kappa shape index (κ2) is 46.3. The highest BCUT2D eigenvalue weighted by Crippen LogP contribution is 2.15. The number of aliphatic hydroxyl groups is 4. The SMILES string of the molecule is CCCCCCC/C=C/CC/C=C/CC/C=C/CCCC(O)C(O)C(CO)NC(=O)C(O)CCCCCCCCCC/C=C\CCCCCCCCCCCCCC. The Bertz CT molecular complexity index is 961. The zero-order chi connectivity index (χ0) is 42.4. The number of hydrogen-bond acceptors (Lipinski definition) is 5. The van der Waals surface area contributed by atoms with E-state index in [1.165, 1.54) is 161 Å². The molecule has 6 nitrogen and oxygen atoms in total. The van der Waals surface area contributed by atoms with E-state index in [0.29, 0.717) is 19.3 Å². The van der Waals surface area contributed by atoms with Gasteiger partial charge in [0.05, 0.1) is 18.8 Å². The Labute approximate surface area is 359 Å². The molecule has 0 aromatic rings. The van der Waals surface area contributed by atoms with Crippen LogP contribution in [0.2, 0.25) is 0 Å². The van der Waals surface area contributed by atoms with Crippen LogP contribution in [-0.2, 0) is 4.79 Å². The first-order chi connectivity index (χ1) is 28.5. The zero-order valence-corrected chi connectivity index (χ0v) is 38.3. The number of nitrogens with one attached hydrogen (secondary N) is 1. The largest absolute Gasteiger partial charge is 0.394 e. The van der Waals surface area contributed by atoms with Crippen LogP contribution in [-0.4, -0.2) is 57.3 Å². The van der Waals surface area contributed by atoms with Gasteiger partial charge in [-0.05, 0) is 89.9 Å². The maximum atomic E-state index is 12.5. The van der Waals surface area contributed by atoms with E-state index >= 15 is 0 Å². The van der Waals surface area contributed by atoms with E-state index in [9.17, 15) is 25.2 Å². The van der Waals surface area contributed by atoms with Gasteiger partial charge < -0.3 is 25.7 Å². The summed E-state index contributed by atoms with van der Waals surface area (Å²) < 4.78 is 0. The fourth-order valence-corrected chi connectivity index (χ4v) is 7.49. The number of aliphatic hydroxyl groups excluding tert-OH is 4. The molecule has 0 aliphatic heterocycles. The highest BCUT2D eigenvalue weighted by atomic mass is 16.3. The number of amides is 1. The number of carbonyl (C=O) groups is 1. The lowest BCUT2D eigenvalue weighted by Crippen LogP contribution is -2.53. The Morgan fingerprint density at radius 2 is 0.724 bits per heavy atom. The third-order valence-electron chi connectivity index (χ3n) is 11.5. The Balaban J connectivity index is 3.75. The summed E-state index contributed by atoms with van der Waals surface area (Å²) in [6.07, 6.45) is 57.3. The van der Waals surface area contributed by atoms with E-state index in [4.69, 9.17) is 0 Å². The summed E-state index contributed by atoms with van der Waals surface area (Å²) in [5, 5.41) is 43.8. The summed E-state index contributed by atoms with van der Waals surface area (Å²) in [5.41, 5.74) is 0. The highest BCUT2D eigenvalue weighted by Gasteiger charge is 2.28. The lowest BCUT2D eigenvalue weighted by Gasteiger charge is -2.27. The van der Waals surface area contributed by atoms with Crippen LogP contribution in [0, 0.1) is 0 Å². The predicted octanol–water partition coefficient (Wildman–Crippen LogP) is 13.9. The molecule has 0 aliphatic rings. The van der Waals surface area contributed by atoms with Crippen molar-refractivity contribution in [1.29, 1.82) is 0 Å². The van der Waals surface area contributed by atoms with E-state index in [-0.39, 0.29) is 0 Å². The van der Waals surface area contributed by atoms with Crippen molar-refractivity contribution in [3.63, 3.8) is 0 Å². The third kappa shape index (κ3) is 39.7. The summed E-state index contributed by atoms with van der Waals surface area (Å²) in [7, 11) is 0. The molecule has 0 rings (SSSR count). The van der Waals surface area contributed by atoms with Crippen molar-refractivity contribution < 1.29 is 25.2 Å². The number of allylic oxidation sites excluding steroid dienone is 8. The highest BCUT2D eigenvalue weighted by molar-refractivity contribution is 5.80. The van der Waals surface area contributed by atoms with Crippen molar-refractivity contribution in [2.24, 2.45) is 0 Å². The van der Waals surface area contributed by atoms with Crippen LogP contribution >= 0.6 is 0 Å². The van der Waals surface area contributed by atoms with Gasteiger partial charge in [-0.1, -0.05) is 204 Å². The first kappa shape index (κ1) is 56.3. The molecule has 0 aromatic carbocycles. The van der Waals surface area contributed by atoms with Crippen LogP contribution in [0.15, 0.2) is 48.6 Å². The molecule has 6 heteroatoms. The normalized spacial score (nSPS) is 14.4. The van der Waals surface area contributed by atoms with E-state index in [2.05, 4.69) is 67.8 Å². The Hall–Kier alpha value is -1.73. The topological polar surface area (TPSA) is 110 Å². The molecule has 340 valence electrons. The second-order valence-electron chi connectivity index (χ2n) is 17.1. The lowest BCUT2D eigenvalue weighted by molar-refractivity contribution is -0.132. The summed E-state index contributed by atoms with van der Waals surface area (Å²) in [6.45, 7) is 4.03. The maximum absolute atomic E-state index is 12.5. The molecule has 4 atom stereocenters. The predicted molar refractivity (Wildman–Crippen MR) is 251 cm³/mol. The van der Waals surface area contributed by atoms with Crippen molar-refractivity contribution >= 4 is 5.91 Å². The van der Waals surface area contributed by atoms with Gasteiger partial charge in [-0.15, -0.1) is 0 Å². The summed E-state index contributed by atoms with van der Waals surface area (Å²) >= 11 is 0. The quantitative estimate of drug-likeness (QED) is 0.0311. The van der Waals surface area contributed by atoms with Gasteiger partial charge in [0.15, 0.2) is 0 Å². The van der Waals surface area contributed by atoms with Crippen molar-refractivity contribution in [2.45, 2.75) is 269 Å².